The van der Waals surface area contributed by atoms with Crippen LogP contribution in [0.2, 0.25) is 0 Å². The molecule has 7 nitrogen and oxygen atoms in total. The van der Waals surface area contributed by atoms with Crippen LogP contribution in [0.25, 0.3) is 0 Å². The summed E-state index contributed by atoms with van der Waals surface area (Å²) in [6.07, 6.45) is 0.718. The maximum atomic E-state index is 12.6. The van der Waals surface area contributed by atoms with E-state index in [0.29, 0.717) is 12.0 Å². The van der Waals surface area contributed by atoms with Gasteiger partial charge in [0, 0.05) is 17.7 Å². The van der Waals surface area contributed by atoms with E-state index in [9.17, 15) is 33.8 Å². The summed E-state index contributed by atoms with van der Waals surface area (Å²) >= 11 is 0. The summed E-state index contributed by atoms with van der Waals surface area (Å²) in [6.45, 7) is 1.75. The van der Waals surface area contributed by atoms with Crippen LogP contribution in [0.5, 0.6) is 0 Å². The van der Waals surface area contributed by atoms with E-state index in [4.69, 9.17) is 0 Å². The van der Waals surface area contributed by atoms with Crippen molar-refractivity contribution in [1.82, 2.24) is 0 Å². The normalized spacial score (nSPS) is 9.62. The molecular weight excluding hydrogens is 326 g/mol. The number of carbonyl (C=O) groups excluding carboxylic acids is 1. The quantitative estimate of drug-likeness (QED) is 0.478. The van der Waals surface area contributed by atoms with Crippen molar-refractivity contribution >= 4 is 17.7 Å². The molecule has 0 N–H and O–H groups in total. The van der Waals surface area contributed by atoms with Gasteiger partial charge in [-0.1, -0.05) is 6.92 Å². The molecule has 126 valence electrons. The largest absolute Gasteiger partial charge is 0.298 e. The second-order valence-electron chi connectivity index (χ2n) is 4.46. The molecule has 24 heavy (non-hydrogen) atoms. The van der Waals surface area contributed by atoms with E-state index in [1.165, 1.54) is 12.1 Å². The lowest BCUT2D eigenvalue weighted by molar-refractivity contribution is -0.385. The van der Waals surface area contributed by atoms with Gasteiger partial charge in [0.15, 0.2) is 6.29 Å². The third kappa shape index (κ3) is 4.90. The molecule has 0 aromatic heterocycles. The highest BCUT2D eigenvalue weighted by atomic mass is 19.1. The molecule has 2 rings (SSSR count). The van der Waals surface area contributed by atoms with Crippen LogP contribution in [0.15, 0.2) is 36.4 Å². The molecule has 9 heteroatoms. The fourth-order valence-electron chi connectivity index (χ4n) is 1.80. The highest BCUT2D eigenvalue weighted by Crippen LogP contribution is 2.19. The number of nitrogens with zero attached hydrogens (tertiary/aromatic N) is 2. The molecule has 0 amide bonds. The number of nitro groups is 2. The summed E-state index contributed by atoms with van der Waals surface area (Å²) in [6, 6.07) is 6.19. The van der Waals surface area contributed by atoms with E-state index in [1.54, 1.807) is 6.92 Å². The van der Waals surface area contributed by atoms with Gasteiger partial charge in [0.2, 0.25) is 0 Å². The Labute approximate surface area is 134 Å². The first-order chi connectivity index (χ1) is 11.3. The van der Waals surface area contributed by atoms with E-state index in [1.807, 2.05) is 0 Å². The molecule has 0 saturated carbocycles. The van der Waals surface area contributed by atoms with Crippen LogP contribution >= 0.6 is 0 Å². The van der Waals surface area contributed by atoms with Crippen molar-refractivity contribution in [2.75, 3.05) is 0 Å². The van der Waals surface area contributed by atoms with Gasteiger partial charge in [-0.15, -0.1) is 0 Å². The van der Waals surface area contributed by atoms with E-state index < -0.39 is 21.5 Å². The predicted molar refractivity (Wildman–Crippen MR) is 80.9 cm³/mol. The molecule has 0 fully saturated rings. The fourth-order valence-corrected chi connectivity index (χ4v) is 1.80. The van der Waals surface area contributed by atoms with Crippen molar-refractivity contribution in [2.24, 2.45) is 0 Å². The molecule has 0 aliphatic heterocycles. The molecule has 2 aromatic rings. The van der Waals surface area contributed by atoms with Crippen LogP contribution in [0, 0.1) is 31.9 Å². The molecule has 0 radical (unpaired) electrons. The van der Waals surface area contributed by atoms with Crippen LogP contribution in [0.4, 0.5) is 20.2 Å². The van der Waals surface area contributed by atoms with Gasteiger partial charge in [-0.2, -0.15) is 0 Å². The molecule has 0 unspecified atom stereocenters. The third-order valence-corrected chi connectivity index (χ3v) is 2.93. The summed E-state index contributed by atoms with van der Waals surface area (Å²) in [5.41, 5.74) is -0.217. The Morgan fingerprint density at radius 2 is 1.46 bits per heavy atom. The van der Waals surface area contributed by atoms with Crippen molar-refractivity contribution in [3.63, 3.8) is 0 Å². The Morgan fingerprint density at radius 1 is 0.958 bits per heavy atom. The minimum absolute atomic E-state index is 0.0149. The van der Waals surface area contributed by atoms with Crippen molar-refractivity contribution < 1.29 is 23.4 Å². The summed E-state index contributed by atoms with van der Waals surface area (Å²) in [7, 11) is 0. The molecule has 0 atom stereocenters. The fraction of sp³-hybridized carbons (Fsp3) is 0.133. The number of aldehydes is 1. The number of carbonyl (C=O) groups is 1. The van der Waals surface area contributed by atoms with Crippen LogP contribution in [0.3, 0.4) is 0 Å². The van der Waals surface area contributed by atoms with Gasteiger partial charge in [0.25, 0.3) is 11.4 Å². The van der Waals surface area contributed by atoms with E-state index >= 15 is 0 Å². The van der Waals surface area contributed by atoms with Gasteiger partial charge in [-0.05, 0) is 30.7 Å². The first-order valence-electron chi connectivity index (χ1n) is 6.62. The van der Waals surface area contributed by atoms with Gasteiger partial charge in [-0.3, -0.25) is 25.0 Å². The Bertz CT molecular complexity index is 780. The topological polar surface area (TPSA) is 103 Å². The van der Waals surface area contributed by atoms with Gasteiger partial charge >= 0.3 is 0 Å². The second kappa shape index (κ2) is 8.42. The molecule has 2 aromatic carbocycles. The highest BCUT2D eigenvalue weighted by molar-refractivity contribution is 5.81. The number of hydrogen-bond acceptors (Lipinski definition) is 5. The average Bonchev–Trinajstić information content (AvgIpc) is 2.54. The number of benzene rings is 2. The summed E-state index contributed by atoms with van der Waals surface area (Å²) < 4.78 is 25.0. The molecular formula is C15H12F2N2O5. The second-order valence-corrected chi connectivity index (χ2v) is 4.46. The Morgan fingerprint density at radius 3 is 1.92 bits per heavy atom. The van der Waals surface area contributed by atoms with E-state index in [2.05, 4.69) is 0 Å². The lowest BCUT2D eigenvalue weighted by Gasteiger charge is -1.98. The van der Waals surface area contributed by atoms with Gasteiger partial charge in [0.1, 0.15) is 11.6 Å². The SMILES string of the molecule is CCc1cc(F)ccc1[N+](=O)[O-].O=Cc1cc(F)ccc1[N+](=O)[O-]. The van der Waals surface area contributed by atoms with Crippen molar-refractivity contribution in [2.45, 2.75) is 13.3 Å². The van der Waals surface area contributed by atoms with Gasteiger partial charge in [-0.25, -0.2) is 8.78 Å². The maximum Gasteiger partial charge on any atom is 0.280 e. The first-order valence-corrected chi connectivity index (χ1v) is 6.62. The van der Waals surface area contributed by atoms with Crippen LogP contribution in [-0.2, 0) is 6.42 Å². The number of nitro benzene ring substituents is 2. The predicted octanol–water partition coefficient (Wildman–Crippen LogP) is 3.84. The molecule has 0 bridgehead atoms. The maximum absolute atomic E-state index is 12.6. The van der Waals surface area contributed by atoms with Crippen LogP contribution in [-0.4, -0.2) is 16.1 Å². The van der Waals surface area contributed by atoms with Crippen LogP contribution < -0.4 is 0 Å². The van der Waals surface area contributed by atoms with Crippen LogP contribution in [0.1, 0.15) is 22.8 Å². The average molecular weight is 338 g/mol. The summed E-state index contributed by atoms with van der Waals surface area (Å²) in [5, 5.41) is 20.6. The summed E-state index contributed by atoms with van der Waals surface area (Å²) in [5.74, 6) is -1.10. The zero-order chi connectivity index (χ0) is 18.3. The lowest BCUT2D eigenvalue weighted by atomic mass is 10.1. The minimum atomic E-state index is -0.733. The number of halogens is 2. The minimum Gasteiger partial charge on any atom is -0.298 e. The van der Waals surface area contributed by atoms with E-state index in [-0.39, 0.29) is 23.2 Å². The Kier molecular flexibility index (Phi) is 6.60. The van der Waals surface area contributed by atoms with Crippen molar-refractivity contribution in [3.8, 4) is 0 Å². The standard InChI is InChI=1S/C8H8FNO2.C7H4FNO3/c1-2-6-5-7(9)3-4-8(6)10(11)12;8-6-1-2-7(9(11)12)5(3-6)4-10/h3-5H,2H2,1H3;1-4H. The van der Waals surface area contributed by atoms with Gasteiger partial charge < -0.3 is 0 Å². The molecule has 0 aliphatic rings. The summed E-state index contributed by atoms with van der Waals surface area (Å²) in [4.78, 5) is 29.6. The smallest absolute Gasteiger partial charge is 0.280 e. The van der Waals surface area contributed by atoms with Gasteiger partial charge in [0.05, 0.1) is 15.4 Å². The zero-order valence-electron chi connectivity index (χ0n) is 12.4. The highest BCUT2D eigenvalue weighted by Gasteiger charge is 2.13. The zero-order valence-corrected chi connectivity index (χ0v) is 12.4. The Hall–Kier alpha value is -3.23. The first kappa shape index (κ1) is 18.8. The lowest BCUT2D eigenvalue weighted by Crippen LogP contribution is -1.94. The third-order valence-electron chi connectivity index (χ3n) is 2.93. The number of hydrogen-bond donors (Lipinski definition) is 0. The molecule has 0 aliphatic carbocycles. The van der Waals surface area contributed by atoms with E-state index in [0.717, 1.165) is 24.3 Å². The molecule has 0 heterocycles. The number of aryl methyl sites for hydroxylation is 1. The monoisotopic (exact) mass is 338 g/mol. The number of rotatable bonds is 4. The van der Waals surface area contributed by atoms with Crippen molar-refractivity contribution in [3.05, 3.63) is 79.4 Å². The van der Waals surface area contributed by atoms with Crippen molar-refractivity contribution in [1.29, 1.82) is 0 Å². The molecule has 0 saturated heterocycles. The Balaban J connectivity index is 0.000000240. The molecule has 0 spiro atoms.